The summed E-state index contributed by atoms with van der Waals surface area (Å²) in [5.74, 6) is 0. The second-order valence-electron chi connectivity index (χ2n) is 5.54. The van der Waals surface area contributed by atoms with Gasteiger partial charge in [0, 0.05) is 11.3 Å². The molecule has 1 aliphatic heterocycles. The highest BCUT2D eigenvalue weighted by atomic mass is 19.4. The molecule has 0 unspecified atom stereocenters. The number of hydrogen-bond donors (Lipinski definition) is 2. The van der Waals surface area contributed by atoms with Crippen molar-refractivity contribution in [3.63, 3.8) is 0 Å². The standard InChI is InChI=1S/C17H14F3N3O2/c1-9-15(22-23-16(24)25-9)11-5-6-13(14(8-11)17(18,19)20)10-3-2-4-12(21)7-10/h2-9H,21H2,1H3,(H,23,24)/t9-/m0/s1. The fraction of sp³-hybridized carbons (Fsp3) is 0.176. The molecule has 0 spiro atoms. The Labute approximate surface area is 141 Å². The van der Waals surface area contributed by atoms with E-state index in [2.05, 4.69) is 10.5 Å². The van der Waals surface area contributed by atoms with E-state index >= 15 is 0 Å². The highest BCUT2D eigenvalue weighted by molar-refractivity contribution is 6.06. The van der Waals surface area contributed by atoms with Gasteiger partial charge in [-0.2, -0.15) is 18.3 Å². The molecular formula is C17H14F3N3O2. The number of nitrogens with two attached hydrogens (primary N) is 1. The lowest BCUT2D eigenvalue weighted by atomic mass is 9.94. The Bertz CT molecular complexity index is 862. The molecular weight excluding hydrogens is 335 g/mol. The van der Waals surface area contributed by atoms with Crippen molar-refractivity contribution in [1.29, 1.82) is 0 Å². The van der Waals surface area contributed by atoms with Gasteiger partial charge in [0.25, 0.3) is 0 Å². The Morgan fingerprint density at radius 1 is 1.16 bits per heavy atom. The SMILES string of the molecule is C[C@@H]1OC(=O)NN=C1c1ccc(-c2cccc(N)c2)c(C(F)(F)F)c1. The fourth-order valence-electron chi connectivity index (χ4n) is 2.63. The number of carbonyl (C=O) groups is 1. The van der Waals surface area contributed by atoms with Gasteiger partial charge in [0.15, 0.2) is 0 Å². The number of halogens is 3. The molecule has 0 radical (unpaired) electrons. The number of carbonyl (C=O) groups excluding carboxylic acids is 1. The van der Waals surface area contributed by atoms with Crippen LogP contribution in [0.2, 0.25) is 0 Å². The van der Waals surface area contributed by atoms with E-state index in [1.54, 1.807) is 18.2 Å². The average molecular weight is 349 g/mol. The lowest BCUT2D eigenvalue weighted by molar-refractivity contribution is -0.137. The van der Waals surface area contributed by atoms with Crippen LogP contribution in [0.5, 0.6) is 0 Å². The first-order valence-electron chi connectivity index (χ1n) is 7.37. The topological polar surface area (TPSA) is 76.7 Å². The van der Waals surface area contributed by atoms with Crippen LogP contribution in [0, 0.1) is 0 Å². The molecule has 0 fully saturated rings. The predicted molar refractivity (Wildman–Crippen MR) is 86.9 cm³/mol. The minimum absolute atomic E-state index is 0.0116. The second kappa shape index (κ2) is 6.12. The van der Waals surface area contributed by atoms with E-state index in [0.29, 0.717) is 11.3 Å². The van der Waals surface area contributed by atoms with Crippen LogP contribution in [0.3, 0.4) is 0 Å². The molecule has 1 amide bonds. The lowest BCUT2D eigenvalue weighted by Crippen LogP contribution is -2.37. The number of ether oxygens (including phenoxy) is 1. The van der Waals surface area contributed by atoms with Gasteiger partial charge in [-0.25, -0.2) is 10.2 Å². The first kappa shape index (κ1) is 16.8. The van der Waals surface area contributed by atoms with Crippen LogP contribution in [0.15, 0.2) is 47.6 Å². The first-order valence-corrected chi connectivity index (χ1v) is 7.37. The Morgan fingerprint density at radius 3 is 2.56 bits per heavy atom. The van der Waals surface area contributed by atoms with E-state index < -0.39 is 23.9 Å². The zero-order valence-electron chi connectivity index (χ0n) is 13.1. The van der Waals surface area contributed by atoms with Crippen molar-refractivity contribution in [3.8, 4) is 11.1 Å². The molecule has 1 aliphatic rings. The Hall–Kier alpha value is -3.03. The number of benzene rings is 2. The monoisotopic (exact) mass is 349 g/mol. The van der Waals surface area contributed by atoms with E-state index in [0.717, 1.165) is 6.07 Å². The minimum atomic E-state index is -4.57. The lowest BCUT2D eigenvalue weighted by Gasteiger charge is -2.22. The molecule has 130 valence electrons. The summed E-state index contributed by atoms with van der Waals surface area (Å²) in [7, 11) is 0. The summed E-state index contributed by atoms with van der Waals surface area (Å²) in [6.45, 7) is 1.54. The van der Waals surface area contributed by atoms with Crippen molar-refractivity contribution in [2.45, 2.75) is 19.2 Å². The van der Waals surface area contributed by atoms with Gasteiger partial charge in [-0.05, 0) is 36.2 Å². The normalized spacial score (nSPS) is 17.5. The zero-order chi connectivity index (χ0) is 18.2. The number of nitrogens with one attached hydrogen (secondary N) is 1. The summed E-state index contributed by atoms with van der Waals surface area (Å²) in [5, 5.41) is 3.81. The number of cyclic esters (lactones) is 1. The molecule has 1 atom stereocenters. The molecule has 0 saturated carbocycles. The molecule has 1 heterocycles. The summed E-state index contributed by atoms with van der Waals surface area (Å²) in [6.07, 6.45) is -6.07. The van der Waals surface area contributed by atoms with E-state index in [-0.39, 0.29) is 16.8 Å². The molecule has 2 aromatic rings. The van der Waals surface area contributed by atoms with Gasteiger partial charge in [-0.3, -0.25) is 0 Å². The van der Waals surface area contributed by atoms with Crippen molar-refractivity contribution in [3.05, 3.63) is 53.6 Å². The molecule has 8 heteroatoms. The maximum atomic E-state index is 13.6. The summed E-state index contributed by atoms with van der Waals surface area (Å²) in [6, 6.07) is 10.1. The number of hydrazone groups is 1. The van der Waals surface area contributed by atoms with Crippen molar-refractivity contribution in [2.75, 3.05) is 5.73 Å². The maximum Gasteiger partial charge on any atom is 0.428 e. The largest absolute Gasteiger partial charge is 0.439 e. The fourth-order valence-corrected chi connectivity index (χ4v) is 2.63. The Kier molecular flexibility index (Phi) is 4.12. The van der Waals surface area contributed by atoms with Gasteiger partial charge in [0.05, 0.1) is 5.56 Å². The molecule has 5 nitrogen and oxygen atoms in total. The third-order valence-electron chi connectivity index (χ3n) is 3.75. The molecule has 3 rings (SSSR count). The summed E-state index contributed by atoms with van der Waals surface area (Å²) >= 11 is 0. The first-order chi connectivity index (χ1) is 11.8. The molecule has 0 bridgehead atoms. The van der Waals surface area contributed by atoms with E-state index in [1.165, 1.54) is 25.1 Å². The van der Waals surface area contributed by atoms with Gasteiger partial charge in [0.1, 0.15) is 11.8 Å². The molecule has 0 saturated heterocycles. The number of hydrogen-bond acceptors (Lipinski definition) is 4. The molecule has 0 aromatic heterocycles. The average Bonchev–Trinajstić information content (AvgIpc) is 2.53. The molecule has 0 aliphatic carbocycles. The summed E-state index contributed by atoms with van der Waals surface area (Å²) < 4.78 is 45.6. The third-order valence-corrected chi connectivity index (χ3v) is 3.75. The van der Waals surface area contributed by atoms with E-state index in [4.69, 9.17) is 10.5 Å². The van der Waals surface area contributed by atoms with Crippen molar-refractivity contribution in [1.82, 2.24) is 5.43 Å². The summed E-state index contributed by atoms with van der Waals surface area (Å²) in [5.41, 5.74) is 8.13. The maximum absolute atomic E-state index is 13.6. The Balaban J connectivity index is 2.12. The minimum Gasteiger partial charge on any atom is -0.439 e. The quantitative estimate of drug-likeness (QED) is 0.810. The van der Waals surface area contributed by atoms with Gasteiger partial charge in [0.2, 0.25) is 0 Å². The number of rotatable bonds is 2. The second-order valence-corrected chi connectivity index (χ2v) is 5.54. The van der Waals surface area contributed by atoms with Gasteiger partial charge in [-0.1, -0.05) is 24.3 Å². The van der Waals surface area contributed by atoms with Gasteiger partial charge < -0.3 is 10.5 Å². The van der Waals surface area contributed by atoms with Crippen LogP contribution in [0.4, 0.5) is 23.7 Å². The Morgan fingerprint density at radius 2 is 1.92 bits per heavy atom. The van der Waals surface area contributed by atoms with Crippen LogP contribution < -0.4 is 11.2 Å². The predicted octanol–water partition coefficient (Wildman–Crippen LogP) is 3.79. The van der Waals surface area contributed by atoms with Crippen LogP contribution in [-0.4, -0.2) is 17.9 Å². The molecule has 3 N–H and O–H groups in total. The number of nitrogen functional groups attached to an aromatic ring is 1. The van der Waals surface area contributed by atoms with E-state index in [1.807, 2.05) is 0 Å². The van der Waals surface area contributed by atoms with Crippen LogP contribution in [0.1, 0.15) is 18.1 Å². The smallest absolute Gasteiger partial charge is 0.428 e. The molecule has 2 aromatic carbocycles. The zero-order valence-corrected chi connectivity index (χ0v) is 13.1. The third kappa shape index (κ3) is 3.42. The highest BCUT2D eigenvalue weighted by Crippen LogP contribution is 2.38. The summed E-state index contributed by atoms with van der Waals surface area (Å²) in [4.78, 5) is 11.1. The number of nitrogens with zero attached hydrogens (tertiary/aromatic N) is 1. The van der Waals surface area contributed by atoms with Gasteiger partial charge >= 0.3 is 12.3 Å². The number of anilines is 1. The number of amides is 1. The van der Waals surface area contributed by atoms with Crippen LogP contribution >= 0.6 is 0 Å². The van der Waals surface area contributed by atoms with Crippen LogP contribution in [0.25, 0.3) is 11.1 Å². The van der Waals surface area contributed by atoms with Crippen molar-refractivity contribution >= 4 is 17.5 Å². The highest BCUT2D eigenvalue weighted by Gasteiger charge is 2.35. The van der Waals surface area contributed by atoms with Crippen LogP contribution in [-0.2, 0) is 10.9 Å². The number of alkyl halides is 3. The van der Waals surface area contributed by atoms with Crippen molar-refractivity contribution in [2.24, 2.45) is 5.10 Å². The van der Waals surface area contributed by atoms with Crippen molar-refractivity contribution < 1.29 is 22.7 Å². The molecule has 25 heavy (non-hydrogen) atoms. The van der Waals surface area contributed by atoms with Gasteiger partial charge in [-0.15, -0.1) is 0 Å². The van der Waals surface area contributed by atoms with E-state index in [9.17, 15) is 18.0 Å².